The van der Waals surface area contributed by atoms with Gasteiger partial charge in [0.15, 0.2) is 5.75 Å². The summed E-state index contributed by atoms with van der Waals surface area (Å²) in [6.45, 7) is 3.90. The van der Waals surface area contributed by atoms with E-state index in [1.165, 1.54) is 0 Å². The minimum atomic E-state index is -0.141. The Bertz CT molecular complexity index is 877. The van der Waals surface area contributed by atoms with Crippen LogP contribution in [0.3, 0.4) is 0 Å². The van der Waals surface area contributed by atoms with Gasteiger partial charge >= 0.3 is 5.69 Å². The van der Waals surface area contributed by atoms with E-state index in [2.05, 4.69) is 4.98 Å². The van der Waals surface area contributed by atoms with Gasteiger partial charge in [-0.15, -0.1) is 0 Å². The first-order valence-corrected chi connectivity index (χ1v) is 7.59. The molecule has 3 aromatic rings. The Labute approximate surface area is 137 Å². The lowest BCUT2D eigenvalue weighted by Crippen LogP contribution is -2.18. The number of nitrogens with zero attached hydrogens (tertiary/aromatic N) is 1. The Morgan fingerprint density at radius 1 is 1.14 bits per heavy atom. The van der Waals surface area contributed by atoms with Gasteiger partial charge in [-0.3, -0.25) is 4.57 Å². The van der Waals surface area contributed by atoms with Gasteiger partial charge in [0.1, 0.15) is 5.75 Å². The molecule has 2 aromatic carbocycles. The average Bonchev–Trinajstić information content (AvgIpc) is 2.78. The van der Waals surface area contributed by atoms with Gasteiger partial charge in [-0.05, 0) is 38.1 Å². The number of ether oxygens (including phenoxy) is 1. The van der Waals surface area contributed by atoms with E-state index >= 15 is 0 Å². The highest BCUT2D eigenvalue weighted by Crippen LogP contribution is 2.36. The first kappa shape index (κ1) is 15.0. The first-order valence-electron chi connectivity index (χ1n) is 6.83. The Morgan fingerprint density at radius 2 is 1.82 bits per heavy atom. The lowest BCUT2D eigenvalue weighted by Gasteiger charge is -2.11. The maximum atomic E-state index is 12.0. The van der Waals surface area contributed by atoms with E-state index in [1.54, 1.807) is 41.0 Å². The normalized spacial score (nSPS) is 11.3. The molecule has 0 aliphatic carbocycles. The molecule has 22 heavy (non-hydrogen) atoms. The third-order valence-electron chi connectivity index (χ3n) is 3.34. The highest BCUT2D eigenvalue weighted by atomic mass is 35.5. The Morgan fingerprint density at radius 3 is 2.45 bits per heavy atom. The molecule has 1 heterocycles. The van der Waals surface area contributed by atoms with E-state index in [-0.39, 0.29) is 11.7 Å². The number of H-pyrrole nitrogens is 1. The number of hydrogen-bond donors (Lipinski definition) is 1. The topological polar surface area (TPSA) is 47.0 Å². The molecule has 0 radical (unpaired) electrons. The van der Waals surface area contributed by atoms with Crippen molar-refractivity contribution in [3.63, 3.8) is 0 Å². The van der Waals surface area contributed by atoms with E-state index < -0.39 is 0 Å². The van der Waals surface area contributed by atoms with E-state index in [0.29, 0.717) is 21.5 Å². The second kappa shape index (κ2) is 5.71. The standard InChI is InChI=1S/C16H14Cl2N2O2/c1-9(2)20-14-8-10(6-7-13(14)19-16(20)21)22-15-11(17)4-3-5-12(15)18/h3-9H,1-2H3,(H,19,21). The molecule has 0 amide bonds. The molecule has 0 aliphatic heterocycles. The minimum Gasteiger partial charge on any atom is -0.454 e. The zero-order chi connectivity index (χ0) is 15.9. The fourth-order valence-electron chi connectivity index (χ4n) is 2.38. The van der Waals surface area contributed by atoms with Crippen molar-refractivity contribution < 1.29 is 4.74 Å². The number of para-hydroxylation sites is 1. The van der Waals surface area contributed by atoms with Crippen LogP contribution >= 0.6 is 23.2 Å². The minimum absolute atomic E-state index is 0.0420. The van der Waals surface area contributed by atoms with Crippen LogP contribution in [-0.4, -0.2) is 9.55 Å². The van der Waals surface area contributed by atoms with Crippen LogP contribution in [-0.2, 0) is 0 Å². The number of halogens is 2. The van der Waals surface area contributed by atoms with Crippen LogP contribution in [0.25, 0.3) is 11.0 Å². The van der Waals surface area contributed by atoms with Crippen molar-refractivity contribution >= 4 is 34.2 Å². The van der Waals surface area contributed by atoms with Gasteiger partial charge in [0.2, 0.25) is 0 Å². The van der Waals surface area contributed by atoms with Gasteiger partial charge in [-0.2, -0.15) is 0 Å². The van der Waals surface area contributed by atoms with Crippen molar-refractivity contribution in [2.75, 3.05) is 0 Å². The molecular formula is C16H14Cl2N2O2. The summed E-state index contributed by atoms with van der Waals surface area (Å²) in [6, 6.07) is 10.6. The molecule has 4 nitrogen and oxygen atoms in total. The van der Waals surface area contributed by atoms with Crippen LogP contribution in [0.4, 0.5) is 0 Å². The van der Waals surface area contributed by atoms with Crippen LogP contribution < -0.4 is 10.4 Å². The second-order valence-corrected chi connectivity index (χ2v) is 6.04. The predicted molar refractivity (Wildman–Crippen MR) is 89.5 cm³/mol. The van der Waals surface area contributed by atoms with Gasteiger partial charge in [0, 0.05) is 12.1 Å². The molecule has 3 rings (SSSR count). The summed E-state index contributed by atoms with van der Waals surface area (Å²) in [4.78, 5) is 14.8. The average molecular weight is 337 g/mol. The Balaban J connectivity index is 2.09. The zero-order valence-corrected chi connectivity index (χ0v) is 13.6. The number of aromatic nitrogens is 2. The number of imidazole rings is 1. The van der Waals surface area contributed by atoms with Gasteiger partial charge in [-0.1, -0.05) is 29.3 Å². The van der Waals surface area contributed by atoms with Crippen LogP contribution in [0.2, 0.25) is 10.0 Å². The lowest BCUT2D eigenvalue weighted by molar-refractivity contribution is 0.483. The van der Waals surface area contributed by atoms with Crippen molar-refractivity contribution in [1.29, 1.82) is 0 Å². The van der Waals surface area contributed by atoms with Crippen molar-refractivity contribution in [2.45, 2.75) is 19.9 Å². The quantitative estimate of drug-likeness (QED) is 0.730. The lowest BCUT2D eigenvalue weighted by atomic mass is 10.2. The Kier molecular flexibility index (Phi) is 3.89. The second-order valence-electron chi connectivity index (χ2n) is 5.23. The number of nitrogens with one attached hydrogen (secondary N) is 1. The smallest absolute Gasteiger partial charge is 0.326 e. The molecule has 0 unspecified atom stereocenters. The van der Waals surface area contributed by atoms with E-state index in [4.69, 9.17) is 27.9 Å². The molecule has 0 atom stereocenters. The highest BCUT2D eigenvalue weighted by molar-refractivity contribution is 6.37. The third-order valence-corrected chi connectivity index (χ3v) is 3.94. The molecule has 0 aliphatic rings. The summed E-state index contributed by atoms with van der Waals surface area (Å²) in [5, 5.41) is 0.867. The van der Waals surface area contributed by atoms with E-state index in [1.807, 2.05) is 13.8 Å². The zero-order valence-electron chi connectivity index (χ0n) is 12.1. The summed E-state index contributed by atoms with van der Waals surface area (Å²) in [5.74, 6) is 0.968. The first-order chi connectivity index (χ1) is 10.5. The summed E-state index contributed by atoms with van der Waals surface area (Å²) >= 11 is 12.2. The number of fused-ring (bicyclic) bond motifs is 1. The molecule has 0 saturated heterocycles. The molecule has 0 fully saturated rings. The van der Waals surface area contributed by atoms with Gasteiger partial charge in [-0.25, -0.2) is 4.79 Å². The maximum Gasteiger partial charge on any atom is 0.326 e. The SMILES string of the molecule is CC(C)n1c(=O)[nH]c2ccc(Oc3c(Cl)cccc3Cl)cc21. The highest BCUT2D eigenvalue weighted by Gasteiger charge is 2.12. The largest absolute Gasteiger partial charge is 0.454 e. The molecule has 0 spiro atoms. The van der Waals surface area contributed by atoms with Crippen LogP contribution in [0, 0.1) is 0 Å². The summed E-state index contributed by atoms with van der Waals surface area (Å²) in [7, 11) is 0. The van der Waals surface area contributed by atoms with Crippen molar-refractivity contribution in [3.8, 4) is 11.5 Å². The molecule has 1 N–H and O–H groups in total. The molecule has 0 bridgehead atoms. The van der Waals surface area contributed by atoms with Crippen LogP contribution in [0.5, 0.6) is 11.5 Å². The molecule has 0 saturated carbocycles. The van der Waals surface area contributed by atoms with Crippen LogP contribution in [0.15, 0.2) is 41.2 Å². The molecule has 1 aromatic heterocycles. The number of aromatic amines is 1. The maximum absolute atomic E-state index is 12.0. The van der Waals surface area contributed by atoms with Gasteiger partial charge < -0.3 is 9.72 Å². The Hall–Kier alpha value is -1.91. The van der Waals surface area contributed by atoms with E-state index in [0.717, 1.165) is 11.0 Å². The van der Waals surface area contributed by atoms with Crippen molar-refractivity contribution in [3.05, 3.63) is 56.9 Å². The van der Waals surface area contributed by atoms with Crippen LogP contribution in [0.1, 0.15) is 19.9 Å². The van der Waals surface area contributed by atoms with Crippen molar-refractivity contribution in [2.24, 2.45) is 0 Å². The van der Waals surface area contributed by atoms with Crippen molar-refractivity contribution in [1.82, 2.24) is 9.55 Å². The fourth-order valence-corrected chi connectivity index (χ4v) is 2.85. The third kappa shape index (κ3) is 2.60. The van der Waals surface area contributed by atoms with Gasteiger partial charge in [0.05, 0.1) is 21.1 Å². The number of rotatable bonds is 3. The molecular weight excluding hydrogens is 323 g/mol. The fraction of sp³-hybridized carbons (Fsp3) is 0.188. The summed E-state index contributed by atoms with van der Waals surface area (Å²) in [5.41, 5.74) is 1.40. The number of benzene rings is 2. The summed E-state index contributed by atoms with van der Waals surface area (Å²) in [6.07, 6.45) is 0. The van der Waals surface area contributed by atoms with E-state index in [9.17, 15) is 4.79 Å². The monoisotopic (exact) mass is 336 g/mol. The molecule has 6 heteroatoms. The van der Waals surface area contributed by atoms with Gasteiger partial charge in [0.25, 0.3) is 0 Å². The predicted octanol–water partition coefficient (Wildman–Crippen LogP) is 5.01. The summed E-state index contributed by atoms with van der Waals surface area (Å²) < 4.78 is 7.48. The molecule has 114 valence electrons. The number of hydrogen-bond acceptors (Lipinski definition) is 2.